The van der Waals surface area contributed by atoms with Gasteiger partial charge in [0.05, 0.1) is 13.7 Å². The minimum Gasteiger partial charge on any atom is -0.497 e. The number of likely N-dealkylation sites (tertiary alicyclic amines) is 1. The molecule has 1 atom stereocenters. The molecular formula is C18H21N3O4. The normalized spacial score (nSPS) is 17.0. The van der Waals surface area contributed by atoms with Crippen molar-refractivity contribution in [2.75, 3.05) is 26.8 Å². The highest BCUT2D eigenvalue weighted by atomic mass is 16.5. The van der Waals surface area contributed by atoms with Gasteiger partial charge < -0.3 is 19.1 Å². The quantitative estimate of drug-likeness (QED) is 0.798. The second kappa shape index (κ2) is 8.32. The third-order valence-corrected chi connectivity index (χ3v) is 3.95. The van der Waals surface area contributed by atoms with Crippen LogP contribution in [0.3, 0.4) is 0 Å². The minimum absolute atomic E-state index is 0.0122. The lowest BCUT2D eigenvalue weighted by Gasteiger charge is -2.32. The number of hydrogen-bond acceptors (Lipinski definition) is 6. The Bertz CT molecular complexity index is 696. The Kier molecular flexibility index (Phi) is 5.66. The molecule has 2 aromatic rings. The Morgan fingerprint density at radius 3 is 2.84 bits per heavy atom. The molecule has 0 bridgehead atoms. The van der Waals surface area contributed by atoms with Crippen molar-refractivity contribution in [3.63, 3.8) is 0 Å². The van der Waals surface area contributed by atoms with Crippen LogP contribution in [0.15, 0.2) is 42.7 Å². The van der Waals surface area contributed by atoms with Crippen LogP contribution in [0.2, 0.25) is 0 Å². The first kappa shape index (κ1) is 17.0. The number of rotatable bonds is 6. The number of piperidine rings is 1. The topological polar surface area (TPSA) is 73.8 Å². The van der Waals surface area contributed by atoms with Gasteiger partial charge in [-0.3, -0.25) is 4.79 Å². The van der Waals surface area contributed by atoms with Gasteiger partial charge in [-0.05, 0) is 31.0 Å². The van der Waals surface area contributed by atoms with Crippen molar-refractivity contribution in [2.45, 2.75) is 18.9 Å². The number of amides is 1. The molecule has 1 unspecified atom stereocenters. The zero-order valence-electron chi connectivity index (χ0n) is 14.1. The summed E-state index contributed by atoms with van der Waals surface area (Å²) in [5.74, 6) is 1.24. The Balaban J connectivity index is 1.51. The number of carbonyl (C=O) groups is 1. The van der Waals surface area contributed by atoms with Crippen LogP contribution in [0, 0.1) is 0 Å². The average molecular weight is 343 g/mol. The van der Waals surface area contributed by atoms with E-state index in [0.717, 1.165) is 12.8 Å². The van der Waals surface area contributed by atoms with E-state index in [1.54, 1.807) is 42.6 Å². The van der Waals surface area contributed by atoms with Crippen molar-refractivity contribution in [3.05, 3.63) is 42.7 Å². The van der Waals surface area contributed by atoms with E-state index in [9.17, 15) is 4.79 Å². The summed E-state index contributed by atoms with van der Waals surface area (Å²) in [6.07, 6.45) is 4.92. The molecule has 1 amide bonds. The van der Waals surface area contributed by atoms with Crippen molar-refractivity contribution in [3.8, 4) is 17.5 Å². The monoisotopic (exact) mass is 343 g/mol. The maximum Gasteiger partial charge on any atom is 0.316 e. The first-order valence-corrected chi connectivity index (χ1v) is 8.23. The molecule has 0 N–H and O–H groups in total. The van der Waals surface area contributed by atoms with Crippen LogP contribution < -0.4 is 14.2 Å². The molecule has 0 aliphatic carbocycles. The predicted molar refractivity (Wildman–Crippen MR) is 90.8 cm³/mol. The zero-order valence-corrected chi connectivity index (χ0v) is 14.1. The van der Waals surface area contributed by atoms with E-state index in [0.29, 0.717) is 30.6 Å². The van der Waals surface area contributed by atoms with Crippen molar-refractivity contribution in [1.82, 2.24) is 14.9 Å². The van der Waals surface area contributed by atoms with Crippen LogP contribution in [-0.2, 0) is 4.79 Å². The minimum atomic E-state index is -0.100. The van der Waals surface area contributed by atoms with Crippen LogP contribution in [0.1, 0.15) is 12.8 Å². The Hall–Kier alpha value is -2.83. The highest BCUT2D eigenvalue weighted by Crippen LogP contribution is 2.19. The Labute approximate surface area is 146 Å². The molecule has 0 saturated carbocycles. The van der Waals surface area contributed by atoms with Gasteiger partial charge in [0, 0.05) is 25.0 Å². The lowest BCUT2D eigenvalue weighted by Crippen LogP contribution is -2.46. The molecule has 0 radical (unpaired) electrons. The van der Waals surface area contributed by atoms with Crippen molar-refractivity contribution >= 4 is 5.91 Å². The molecule has 2 heterocycles. The molecule has 7 nitrogen and oxygen atoms in total. The summed E-state index contributed by atoms with van der Waals surface area (Å²) in [6.45, 7) is 1.20. The van der Waals surface area contributed by atoms with E-state index in [2.05, 4.69) is 9.97 Å². The maximum atomic E-state index is 12.4. The second-order valence-electron chi connectivity index (χ2n) is 5.72. The standard InChI is InChI=1S/C18H21N3O4/c1-23-14-5-2-6-15(11-14)24-13-17(22)21-10-3-7-16(12-21)25-18-19-8-4-9-20-18/h2,4-6,8-9,11,16H,3,7,10,12-13H2,1H3. The Morgan fingerprint density at radius 1 is 1.24 bits per heavy atom. The third kappa shape index (κ3) is 4.82. The van der Waals surface area contributed by atoms with Crippen LogP contribution >= 0.6 is 0 Å². The molecule has 1 saturated heterocycles. The van der Waals surface area contributed by atoms with Crippen molar-refractivity contribution < 1.29 is 19.0 Å². The third-order valence-electron chi connectivity index (χ3n) is 3.95. The molecule has 25 heavy (non-hydrogen) atoms. The number of benzene rings is 1. The van der Waals surface area contributed by atoms with Gasteiger partial charge in [-0.15, -0.1) is 0 Å². The summed E-state index contributed by atoms with van der Waals surface area (Å²) in [4.78, 5) is 22.3. The molecule has 0 spiro atoms. The number of aromatic nitrogens is 2. The summed E-state index contributed by atoms with van der Waals surface area (Å²) in [7, 11) is 1.59. The summed E-state index contributed by atoms with van der Waals surface area (Å²) < 4.78 is 16.5. The van der Waals surface area contributed by atoms with Crippen LogP contribution in [0.25, 0.3) is 0 Å². The summed E-state index contributed by atoms with van der Waals surface area (Å²) in [6, 6.07) is 9.28. The summed E-state index contributed by atoms with van der Waals surface area (Å²) >= 11 is 0. The largest absolute Gasteiger partial charge is 0.497 e. The summed E-state index contributed by atoms with van der Waals surface area (Å²) in [5.41, 5.74) is 0. The number of methoxy groups -OCH3 is 1. The molecule has 132 valence electrons. The van der Waals surface area contributed by atoms with Gasteiger partial charge in [0.15, 0.2) is 6.61 Å². The number of ether oxygens (including phenoxy) is 3. The summed E-state index contributed by atoms with van der Waals surface area (Å²) in [5, 5.41) is 0. The van der Waals surface area contributed by atoms with E-state index in [1.807, 2.05) is 12.1 Å². The first-order valence-electron chi connectivity index (χ1n) is 8.23. The molecule has 3 rings (SSSR count). The fraction of sp³-hybridized carbons (Fsp3) is 0.389. The van der Waals surface area contributed by atoms with Gasteiger partial charge in [0.25, 0.3) is 5.91 Å². The average Bonchev–Trinajstić information content (AvgIpc) is 2.67. The zero-order chi connectivity index (χ0) is 17.5. The maximum absolute atomic E-state index is 12.4. The molecule has 1 aliphatic heterocycles. The number of nitrogens with zero attached hydrogens (tertiary/aromatic N) is 3. The highest BCUT2D eigenvalue weighted by molar-refractivity contribution is 5.78. The van der Waals surface area contributed by atoms with Gasteiger partial charge in [-0.1, -0.05) is 6.07 Å². The molecule has 1 aliphatic rings. The molecule has 7 heteroatoms. The molecule has 1 aromatic carbocycles. The predicted octanol–water partition coefficient (Wildman–Crippen LogP) is 1.93. The van der Waals surface area contributed by atoms with Gasteiger partial charge in [-0.25, -0.2) is 9.97 Å². The SMILES string of the molecule is COc1cccc(OCC(=O)N2CCCC(Oc3ncccn3)C2)c1. The number of carbonyl (C=O) groups excluding carboxylic acids is 1. The van der Waals surface area contributed by atoms with Gasteiger partial charge >= 0.3 is 6.01 Å². The highest BCUT2D eigenvalue weighted by Gasteiger charge is 2.25. The second-order valence-corrected chi connectivity index (χ2v) is 5.72. The van der Waals surface area contributed by atoms with E-state index < -0.39 is 0 Å². The van der Waals surface area contributed by atoms with Crippen LogP contribution in [-0.4, -0.2) is 53.7 Å². The van der Waals surface area contributed by atoms with Gasteiger partial charge in [-0.2, -0.15) is 0 Å². The molecule has 1 fully saturated rings. The lowest BCUT2D eigenvalue weighted by molar-refractivity contribution is -0.136. The van der Waals surface area contributed by atoms with Crippen LogP contribution in [0.5, 0.6) is 17.5 Å². The van der Waals surface area contributed by atoms with Gasteiger partial charge in [0.1, 0.15) is 17.6 Å². The van der Waals surface area contributed by atoms with Crippen LogP contribution in [0.4, 0.5) is 0 Å². The fourth-order valence-electron chi connectivity index (χ4n) is 2.68. The van der Waals surface area contributed by atoms with Crippen molar-refractivity contribution in [1.29, 1.82) is 0 Å². The first-order chi connectivity index (χ1) is 12.2. The van der Waals surface area contributed by atoms with E-state index in [1.165, 1.54) is 0 Å². The van der Waals surface area contributed by atoms with E-state index in [4.69, 9.17) is 14.2 Å². The molecule has 1 aromatic heterocycles. The Morgan fingerprint density at radius 2 is 2.04 bits per heavy atom. The molecular weight excluding hydrogens is 322 g/mol. The number of hydrogen-bond donors (Lipinski definition) is 0. The fourth-order valence-corrected chi connectivity index (χ4v) is 2.68. The lowest BCUT2D eigenvalue weighted by atomic mass is 10.1. The van der Waals surface area contributed by atoms with Gasteiger partial charge in [0.2, 0.25) is 0 Å². The van der Waals surface area contributed by atoms with Crippen molar-refractivity contribution in [2.24, 2.45) is 0 Å². The van der Waals surface area contributed by atoms with E-state index in [-0.39, 0.29) is 18.6 Å². The smallest absolute Gasteiger partial charge is 0.316 e. The van der Waals surface area contributed by atoms with E-state index >= 15 is 0 Å².